The predicted octanol–water partition coefficient (Wildman–Crippen LogP) is 2.12. The summed E-state index contributed by atoms with van der Waals surface area (Å²) in [6, 6.07) is 4.16. The van der Waals surface area contributed by atoms with E-state index in [2.05, 4.69) is 17.2 Å². The van der Waals surface area contributed by atoms with Crippen LogP contribution in [0.3, 0.4) is 0 Å². The zero-order chi connectivity index (χ0) is 16.2. The maximum absolute atomic E-state index is 12.7. The van der Waals surface area contributed by atoms with E-state index in [-0.39, 0.29) is 23.7 Å². The Morgan fingerprint density at radius 2 is 2.22 bits per heavy atom. The first-order valence-corrected chi connectivity index (χ1v) is 8.67. The molecule has 3 atom stereocenters. The van der Waals surface area contributed by atoms with Crippen LogP contribution in [0.15, 0.2) is 24.5 Å². The molecular formula is C18H25N3O2. The van der Waals surface area contributed by atoms with Gasteiger partial charge < -0.3 is 10.2 Å². The second-order valence-corrected chi connectivity index (χ2v) is 6.62. The van der Waals surface area contributed by atoms with Crippen LogP contribution in [0.5, 0.6) is 0 Å². The van der Waals surface area contributed by atoms with Gasteiger partial charge in [0.2, 0.25) is 11.8 Å². The number of carbonyl (C=O) groups is 2. The van der Waals surface area contributed by atoms with Gasteiger partial charge in [-0.1, -0.05) is 13.0 Å². The first kappa shape index (κ1) is 16.0. The van der Waals surface area contributed by atoms with E-state index in [1.54, 1.807) is 12.4 Å². The molecule has 3 unspecified atom stereocenters. The van der Waals surface area contributed by atoms with Crippen LogP contribution in [0.1, 0.15) is 44.6 Å². The van der Waals surface area contributed by atoms with Gasteiger partial charge in [-0.3, -0.25) is 14.6 Å². The van der Waals surface area contributed by atoms with Gasteiger partial charge in [0.1, 0.15) is 0 Å². The lowest BCUT2D eigenvalue weighted by Gasteiger charge is -2.35. The van der Waals surface area contributed by atoms with Gasteiger partial charge in [-0.05, 0) is 43.7 Å². The fraction of sp³-hybridized carbons (Fsp3) is 0.611. The van der Waals surface area contributed by atoms with Gasteiger partial charge in [-0.25, -0.2) is 0 Å². The first-order valence-electron chi connectivity index (χ1n) is 8.67. The van der Waals surface area contributed by atoms with Gasteiger partial charge >= 0.3 is 0 Å². The number of pyridine rings is 1. The molecule has 1 N–H and O–H groups in total. The Labute approximate surface area is 137 Å². The van der Waals surface area contributed by atoms with Crippen LogP contribution in [0.2, 0.25) is 0 Å². The number of likely N-dealkylation sites (tertiary alicyclic amines) is 1. The van der Waals surface area contributed by atoms with Gasteiger partial charge in [-0.2, -0.15) is 0 Å². The maximum Gasteiger partial charge on any atom is 0.226 e. The molecular weight excluding hydrogens is 290 g/mol. The summed E-state index contributed by atoms with van der Waals surface area (Å²) in [5, 5.41) is 2.92. The third kappa shape index (κ3) is 3.71. The monoisotopic (exact) mass is 315 g/mol. The zero-order valence-electron chi connectivity index (χ0n) is 13.7. The van der Waals surface area contributed by atoms with Crippen LogP contribution >= 0.6 is 0 Å². The number of carbonyl (C=O) groups excluding carboxylic acids is 2. The van der Waals surface area contributed by atoms with Crippen molar-refractivity contribution in [2.45, 2.75) is 51.6 Å². The molecule has 0 aromatic carbocycles. The maximum atomic E-state index is 12.7. The lowest BCUT2D eigenvalue weighted by Crippen LogP contribution is -2.44. The van der Waals surface area contributed by atoms with Crippen molar-refractivity contribution in [2.24, 2.45) is 11.8 Å². The fourth-order valence-electron chi connectivity index (χ4n) is 3.51. The number of hydrogen-bond donors (Lipinski definition) is 1. The van der Waals surface area contributed by atoms with Gasteiger partial charge in [-0.15, -0.1) is 0 Å². The molecule has 5 heteroatoms. The smallest absolute Gasteiger partial charge is 0.226 e. The van der Waals surface area contributed by atoms with Crippen LogP contribution in [-0.2, 0) is 16.1 Å². The van der Waals surface area contributed by atoms with Crippen molar-refractivity contribution in [1.82, 2.24) is 15.2 Å². The normalized spacial score (nSPS) is 26.7. The van der Waals surface area contributed by atoms with E-state index in [9.17, 15) is 9.59 Å². The van der Waals surface area contributed by atoms with Crippen LogP contribution in [0.25, 0.3) is 0 Å². The molecule has 1 saturated carbocycles. The number of amides is 2. The summed E-state index contributed by atoms with van der Waals surface area (Å²) >= 11 is 0. The highest BCUT2D eigenvalue weighted by atomic mass is 16.2. The molecule has 3 rings (SSSR count). The highest BCUT2D eigenvalue weighted by molar-refractivity contribution is 5.92. The Kier molecular flexibility index (Phi) is 4.94. The van der Waals surface area contributed by atoms with E-state index in [1.165, 1.54) is 6.42 Å². The second-order valence-electron chi connectivity index (χ2n) is 6.62. The topological polar surface area (TPSA) is 62.3 Å². The highest BCUT2D eigenvalue weighted by Gasteiger charge is 2.50. The van der Waals surface area contributed by atoms with E-state index in [4.69, 9.17) is 0 Å². The third-order valence-corrected chi connectivity index (χ3v) is 5.02. The molecule has 1 aliphatic carbocycles. The van der Waals surface area contributed by atoms with E-state index < -0.39 is 0 Å². The molecule has 2 aliphatic rings. The SMILES string of the molecule is CCC1CCCCN1C(=O)C1CC1C(=O)NCc1cccnc1. The van der Waals surface area contributed by atoms with Crippen molar-refractivity contribution >= 4 is 11.8 Å². The van der Waals surface area contributed by atoms with Crippen molar-refractivity contribution in [3.8, 4) is 0 Å². The Morgan fingerprint density at radius 3 is 2.96 bits per heavy atom. The van der Waals surface area contributed by atoms with Crippen LogP contribution < -0.4 is 5.32 Å². The van der Waals surface area contributed by atoms with Crippen molar-refractivity contribution in [3.63, 3.8) is 0 Å². The minimum Gasteiger partial charge on any atom is -0.352 e. The molecule has 0 radical (unpaired) electrons. The molecule has 1 saturated heterocycles. The molecule has 2 fully saturated rings. The minimum absolute atomic E-state index is 0.00254. The summed E-state index contributed by atoms with van der Waals surface area (Å²) in [5.74, 6) is -0.0509. The van der Waals surface area contributed by atoms with Gasteiger partial charge in [0.15, 0.2) is 0 Å². The lowest BCUT2D eigenvalue weighted by atomic mass is 9.99. The number of hydrogen-bond acceptors (Lipinski definition) is 3. The zero-order valence-corrected chi connectivity index (χ0v) is 13.7. The number of nitrogens with zero attached hydrogens (tertiary/aromatic N) is 2. The molecule has 5 nitrogen and oxygen atoms in total. The van der Waals surface area contributed by atoms with Gasteiger partial charge in [0.05, 0.1) is 11.8 Å². The average Bonchev–Trinajstić information content (AvgIpc) is 3.40. The van der Waals surface area contributed by atoms with E-state index in [1.807, 2.05) is 17.0 Å². The Morgan fingerprint density at radius 1 is 1.35 bits per heavy atom. The average molecular weight is 315 g/mol. The van der Waals surface area contributed by atoms with Crippen molar-refractivity contribution < 1.29 is 9.59 Å². The summed E-state index contributed by atoms with van der Waals surface area (Å²) in [4.78, 5) is 30.9. The molecule has 1 aromatic rings. The van der Waals surface area contributed by atoms with E-state index in [0.29, 0.717) is 19.0 Å². The van der Waals surface area contributed by atoms with Crippen LogP contribution in [-0.4, -0.2) is 34.3 Å². The number of nitrogens with one attached hydrogen (secondary N) is 1. The van der Waals surface area contributed by atoms with Crippen molar-refractivity contribution in [2.75, 3.05) is 6.54 Å². The summed E-state index contributed by atoms with van der Waals surface area (Å²) in [7, 11) is 0. The summed E-state index contributed by atoms with van der Waals surface area (Å²) in [6.07, 6.45) is 8.57. The quantitative estimate of drug-likeness (QED) is 0.905. The summed E-state index contributed by atoms with van der Waals surface area (Å²) in [6.45, 7) is 3.48. The number of aromatic nitrogens is 1. The van der Waals surface area contributed by atoms with Gasteiger partial charge in [0, 0.05) is 31.5 Å². The summed E-state index contributed by atoms with van der Waals surface area (Å²) in [5.41, 5.74) is 0.978. The molecule has 23 heavy (non-hydrogen) atoms. The number of rotatable bonds is 5. The molecule has 1 aromatic heterocycles. The Bertz CT molecular complexity index is 561. The second kappa shape index (κ2) is 7.11. The third-order valence-electron chi connectivity index (χ3n) is 5.02. The minimum atomic E-state index is -0.140. The van der Waals surface area contributed by atoms with Gasteiger partial charge in [0.25, 0.3) is 0 Å². The molecule has 124 valence electrons. The molecule has 2 amide bonds. The Hall–Kier alpha value is -1.91. The number of piperidine rings is 1. The Balaban J connectivity index is 1.50. The van der Waals surface area contributed by atoms with E-state index in [0.717, 1.165) is 31.4 Å². The summed E-state index contributed by atoms with van der Waals surface area (Å²) < 4.78 is 0. The highest BCUT2D eigenvalue weighted by Crippen LogP contribution is 2.41. The lowest BCUT2D eigenvalue weighted by molar-refractivity contribution is -0.138. The van der Waals surface area contributed by atoms with E-state index >= 15 is 0 Å². The van der Waals surface area contributed by atoms with Crippen molar-refractivity contribution in [1.29, 1.82) is 0 Å². The molecule has 0 bridgehead atoms. The van der Waals surface area contributed by atoms with Crippen LogP contribution in [0.4, 0.5) is 0 Å². The molecule has 2 heterocycles. The first-order chi connectivity index (χ1) is 11.2. The van der Waals surface area contributed by atoms with Crippen molar-refractivity contribution in [3.05, 3.63) is 30.1 Å². The largest absolute Gasteiger partial charge is 0.352 e. The standard InChI is InChI=1S/C18H25N3O2/c1-2-14-7-3-4-9-21(14)18(23)16-10-15(16)17(22)20-12-13-6-5-8-19-11-13/h5-6,8,11,14-16H,2-4,7,9-10,12H2,1H3,(H,20,22). The fourth-order valence-corrected chi connectivity index (χ4v) is 3.51. The predicted molar refractivity (Wildman–Crippen MR) is 87.3 cm³/mol. The molecule has 1 aliphatic heterocycles. The van der Waals surface area contributed by atoms with Crippen LogP contribution in [0, 0.1) is 11.8 Å². The molecule has 0 spiro atoms.